The number of likely N-dealkylation sites (tertiary alicyclic amines) is 1. The summed E-state index contributed by atoms with van der Waals surface area (Å²) in [6.45, 7) is -0.211. The maximum atomic E-state index is 12.4. The van der Waals surface area contributed by atoms with Crippen LogP contribution in [0.15, 0.2) is 18.2 Å². The van der Waals surface area contributed by atoms with Crippen molar-refractivity contribution in [2.24, 2.45) is 5.92 Å². The number of halogens is 3. The molecule has 0 aliphatic carbocycles. The molecule has 1 N–H and O–H groups in total. The van der Waals surface area contributed by atoms with E-state index in [1.165, 1.54) is 14.2 Å². The second-order valence-corrected chi connectivity index (χ2v) is 5.62. The number of alkyl halides is 3. The summed E-state index contributed by atoms with van der Waals surface area (Å²) >= 11 is 0. The number of methoxy groups -OCH3 is 2. The average Bonchev–Trinajstić information content (AvgIpc) is 2.60. The van der Waals surface area contributed by atoms with Gasteiger partial charge in [-0.1, -0.05) is 0 Å². The van der Waals surface area contributed by atoms with Crippen molar-refractivity contribution in [2.75, 3.05) is 32.6 Å². The lowest BCUT2D eigenvalue weighted by atomic mass is 9.95. The Labute approximate surface area is 142 Å². The lowest BCUT2D eigenvalue weighted by Gasteiger charge is -2.31. The highest BCUT2D eigenvalue weighted by Crippen LogP contribution is 2.30. The molecule has 138 valence electrons. The van der Waals surface area contributed by atoms with Crippen LogP contribution in [0.3, 0.4) is 0 Å². The Morgan fingerprint density at radius 1 is 1.16 bits per heavy atom. The molecule has 1 aliphatic heterocycles. The van der Waals surface area contributed by atoms with E-state index in [1.54, 1.807) is 18.2 Å². The van der Waals surface area contributed by atoms with Crippen LogP contribution in [-0.4, -0.2) is 50.2 Å². The molecule has 0 spiro atoms. The van der Waals surface area contributed by atoms with E-state index in [9.17, 15) is 22.8 Å². The van der Waals surface area contributed by atoms with Gasteiger partial charge in [-0.2, -0.15) is 13.2 Å². The molecule has 0 unspecified atom stereocenters. The number of carbonyl (C=O) groups excluding carboxylic acids is 2. The molecule has 1 aromatic rings. The van der Waals surface area contributed by atoms with Crippen molar-refractivity contribution in [1.29, 1.82) is 0 Å². The number of carbonyl (C=O) groups is 2. The molecule has 1 aliphatic rings. The number of benzene rings is 1. The highest BCUT2D eigenvalue weighted by atomic mass is 19.4. The van der Waals surface area contributed by atoms with Gasteiger partial charge in [0.05, 0.1) is 19.9 Å². The van der Waals surface area contributed by atoms with Gasteiger partial charge >= 0.3 is 12.1 Å². The Morgan fingerprint density at radius 3 is 2.32 bits per heavy atom. The molecular formula is C16H19F3N2O4. The van der Waals surface area contributed by atoms with Crippen molar-refractivity contribution < 1.29 is 32.2 Å². The van der Waals surface area contributed by atoms with E-state index in [2.05, 4.69) is 5.32 Å². The van der Waals surface area contributed by atoms with Gasteiger partial charge in [0.15, 0.2) is 0 Å². The number of ether oxygens (including phenoxy) is 2. The number of hydrogen-bond acceptors (Lipinski definition) is 4. The quantitative estimate of drug-likeness (QED) is 0.896. The van der Waals surface area contributed by atoms with Crippen molar-refractivity contribution in [2.45, 2.75) is 19.0 Å². The van der Waals surface area contributed by atoms with E-state index < -0.39 is 18.0 Å². The van der Waals surface area contributed by atoms with Crippen molar-refractivity contribution >= 4 is 17.5 Å². The van der Waals surface area contributed by atoms with Crippen LogP contribution in [0, 0.1) is 5.92 Å². The smallest absolute Gasteiger partial charge is 0.471 e. The zero-order chi connectivity index (χ0) is 18.6. The van der Waals surface area contributed by atoms with E-state index in [4.69, 9.17) is 9.47 Å². The van der Waals surface area contributed by atoms with Gasteiger partial charge < -0.3 is 19.7 Å². The molecule has 0 bridgehead atoms. The van der Waals surface area contributed by atoms with Crippen LogP contribution in [0.5, 0.6) is 11.5 Å². The van der Waals surface area contributed by atoms with Crippen LogP contribution < -0.4 is 14.8 Å². The highest BCUT2D eigenvalue weighted by Gasteiger charge is 2.43. The molecule has 0 atom stereocenters. The minimum absolute atomic E-state index is 0.105. The maximum absolute atomic E-state index is 12.4. The first-order valence-corrected chi connectivity index (χ1v) is 7.65. The minimum atomic E-state index is -4.89. The fourth-order valence-corrected chi connectivity index (χ4v) is 2.67. The molecule has 1 aromatic carbocycles. The second kappa shape index (κ2) is 7.62. The molecule has 1 fully saturated rings. The summed E-state index contributed by atoms with van der Waals surface area (Å²) in [6, 6.07) is 4.91. The maximum Gasteiger partial charge on any atom is 0.471 e. The molecule has 0 saturated carbocycles. The van der Waals surface area contributed by atoms with Gasteiger partial charge in [-0.25, -0.2) is 0 Å². The lowest BCUT2D eigenvalue weighted by molar-refractivity contribution is -0.186. The number of anilines is 1. The fourth-order valence-electron chi connectivity index (χ4n) is 2.67. The van der Waals surface area contributed by atoms with Crippen LogP contribution in [0.25, 0.3) is 0 Å². The summed E-state index contributed by atoms with van der Waals surface area (Å²) in [5, 5.41) is 2.71. The minimum Gasteiger partial charge on any atom is -0.497 e. The fraction of sp³-hybridized carbons (Fsp3) is 0.500. The number of nitrogens with zero attached hydrogens (tertiary/aromatic N) is 1. The molecule has 2 amide bonds. The third-order valence-electron chi connectivity index (χ3n) is 4.06. The number of hydrogen-bond donors (Lipinski definition) is 1. The third-order valence-corrected chi connectivity index (χ3v) is 4.06. The average molecular weight is 360 g/mol. The predicted octanol–water partition coefficient (Wildman–Crippen LogP) is 2.44. The van der Waals surface area contributed by atoms with E-state index >= 15 is 0 Å². The Balaban J connectivity index is 1.98. The first-order chi connectivity index (χ1) is 11.8. The number of nitrogens with one attached hydrogen (secondary N) is 1. The third kappa shape index (κ3) is 4.55. The molecule has 1 saturated heterocycles. The van der Waals surface area contributed by atoms with Crippen molar-refractivity contribution in [3.63, 3.8) is 0 Å². The molecular weight excluding hydrogens is 341 g/mol. The van der Waals surface area contributed by atoms with Crippen LogP contribution in [-0.2, 0) is 9.59 Å². The molecule has 0 radical (unpaired) electrons. The van der Waals surface area contributed by atoms with Gasteiger partial charge in [0.2, 0.25) is 5.91 Å². The molecule has 0 aromatic heterocycles. The Hall–Kier alpha value is -2.45. The largest absolute Gasteiger partial charge is 0.497 e. The zero-order valence-electron chi connectivity index (χ0n) is 13.9. The van der Waals surface area contributed by atoms with E-state index in [1.807, 2.05) is 0 Å². The summed E-state index contributed by atoms with van der Waals surface area (Å²) in [4.78, 5) is 24.3. The predicted molar refractivity (Wildman–Crippen MR) is 83.5 cm³/mol. The zero-order valence-corrected chi connectivity index (χ0v) is 13.9. The topological polar surface area (TPSA) is 67.9 Å². The Kier molecular flexibility index (Phi) is 5.76. The van der Waals surface area contributed by atoms with Crippen molar-refractivity contribution in [3.05, 3.63) is 18.2 Å². The van der Waals surface area contributed by atoms with Gasteiger partial charge in [-0.15, -0.1) is 0 Å². The molecule has 1 heterocycles. The van der Waals surface area contributed by atoms with Gasteiger partial charge in [-0.05, 0) is 25.0 Å². The summed E-state index contributed by atoms with van der Waals surface area (Å²) in [7, 11) is 2.94. The van der Waals surface area contributed by atoms with Gasteiger partial charge in [0, 0.05) is 25.1 Å². The van der Waals surface area contributed by atoms with Crippen LogP contribution in [0.1, 0.15) is 12.8 Å². The van der Waals surface area contributed by atoms with Crippen molar-refractivity contribution in [1.82, 2.24) is 4.90 Å². The standard InChI is InChI=1S/C16H19F3N2O4/c1-24-11-3-4-13(25-2)12(9-11)20-14(22)10-5-7-21(8-6-10)15(23)16(17,18)19/h3-4,9-10H,5-8H2,1-2H3,(H,20,22). The SMILES string of the molecule is COc1ccc(OC)c(NC(=O)C2CCN(C(=O)C(F)(F)F)CC2)c1. The second-order valence-electron chi connectivity index (χ2n) is 5.62. The highest BCUT2D eigenvalue weighted by molar-refractivity contribution is 5.94. The normalized spacial score (nSPS) is 15.6. The summed E-state index contributed by atoms with van der Waals surface area (Å²) in [5.41, 5.74) is 0.417. The van der Waals surface area contributed by atoms with Crippen molar-refractivity contribution in [3.8, 4) is 11.5 Å². The number of amides is 2. The Morgan fingerprint density at radius 2 is 1.80 bits per heavy atom. The van der Waals surface area contributed by atoms with Crippen LogP contribution in [0.4, 0.5) is 18.9 Å². The first-order valence-electron chi connectivity index (χ1n) is 7.65. The number of piperidine rings is 1. The van der Waals surface area contributed by atoms with E-state index in [0.717, 1.165) is 4.90 Å². The lowest BCUT2D eigenvalue weighted by Crippen LogP contribution is -2.46. The summed E-state index contributed by atoms with van der Waals surface area (Å²) in [5.74, 6) is -1.69. The van der Waals surface area contributed by atoms with Gasteiger partial charge in [0.1, 0.15) is 11.5 Å². The summed E-state index contributed by atoms with van der Waals surface area (Å²) < 4.78 is 47.6. The van der Waals surface area contributed by atoms with E-state index in [-0.39, 0.29) is 31.8 Å². The number of rotatable bonds is 4. The summed E-state index contributed by atoms with van der Waals surface area (Å²) in [6.07, 6.45) is -4.55. The van der Waals surface area contributed by atoms with Gasteiger partial charge in [0.25, 0.3) is 0 Å². The molecule has 6 nitrogen and oxygen atoms in total. The van der Waals surface area contributed by atoms with E-state index in [0.29, 0.717) is 17.2 Å². The Bertz CT molecular complexity index is 641. The van der Waals surface area contributed by atoms with Gasteiger partial charge in [-0.3, -0.25) is 9.59 Å². The molecule has 25 heavy (non-hydrogen) atoms. The monoisotopic (exact) mass is 360 g/mol. The van der Waals surface area contributed by atoms with Crippen LogP contribution >= 0.6 is 0 Å². The first kappa shape index (κ1) is 18.9. The molecule has 2 rings (SSSR count). The molecule has 9 heteroatoms. The van der Waals surface area contributed by atoms with Crippen LogP contribution in [0.2, 0.25) is 0 Å².